The zero-order valence-corrected chi connectivity index (χ0v) is 13.7. The first-order chi connectivity index (χ1) is 8.82. The third-order valence-electron chi connectivity index (χ3n) is 3.49. The van der Waals surface area contributed by atoms with Crippen LogP contribution in [-0.4, -0.2) is 45.9 Å². The average molecular weight is 320 g/mol. The van der Waals surface area contributed by atoms with Crippen molar-refractivity contribution in [1.29, 1.82) is 0 Å². The van der Waals surface area contributed by atoms with E-state index in [1.165, 1.54) is 4.31 Å². The first-order valence-corrected chi connectivity index (χ1v) is 7.80. The van der Waals surface area contributed by atoms with Crippen molar-refractivity contribution in [3.05, 3.63) is 23.8 Å². The molecule has 0 aromatic heterocycles. The number of rotatable bonds is 3. The largest absolute Gasteiger partial charge is 0.377 e. The standard InChI is InChI=1S/C13H21N3O2S.ClH/c1-10-4-5-12(8-13(10)15(2)3)19(17,18)16-7-6-11(14)9-16;/h4-5,8,11H,6-7,9,14H2,1-3H3;1H/t11-;/m1./s1. The van der Waals surface area contributed by atoms with Gasteiger partial charge in [-0.15, -0.1) is 12.4 Å². The molecular formula is C13H22ClN3O2S. The maximum absolute atomic E-state index is 12.5. The van der Waals surface area contributed by atoms with Crippen LogP contribution in [0.5, 0.6) is 0 Å². The Morgan fingerprint density at radius 3 is 2.50 bits per heavy atom. The van der Waals surface area contributed by atoms with Crippen molar-refractivity contribution in [3.8, 4) is 0 Å². The van der Waals surface area contributed by atoms with E-state index in [1.807, 2.05) is 32.0 Å². The first kappa shape index (κ1) is 17.2. The molecule has 0 bridgehead atoms. The predicted molar refractivity (Wildman–Crippen MR) is 84.1 cm³/mol. The van der Waals surface area contributed by atoms with Gasteiger partial charge in [-0.05, 0) is 31.0 Å². The highest BCUT2D eigenvalue weighted by atomic mass is 35.5. The molecule has 0 aliphatic carbocycles. The van der Waals surface area contributed by atoms with Gasteiger partial charge in [0.05, 0.1) is 4.90 Å². The number of sulfonamides is 1. The molecule has 1 aliphatic rings. The second-order valence-corrected chi connectivity index (χ2v) is 7.19. The Morgan fingerprint density at radius 1 is 1.35 bits per heavy atom. The Kier molecular flexibility index (Phi) is 5.43. The van der Waals surface area contributed by atoms with Crippen LogP contribution in [0, 0.1) is 6.92 Å². The van der Waals surface area contributed by atoms with Gasteiger partial charge in [-0.25, -0.2) is 8.42 Å². The lowest BCUT2D eigenvalue weighted by Gasteiger charge is -2.20. The molecule has 1 aliphatic heterocycles. The molecule has 5 nitrogen and oxygen atoms in total. The van der Waals surface area contributed by atoms with E-state index in [2.05, 4.69) is 0 Å². The molecule has 0 unspecified atom stereocenters. The highest BCUT2D eigenvalue weighted by Crippen LogP contribution is 2.26. The van der Waals surface area contributed by atoms with Crippen molar-refractivity contribution in [2.75, 3.05) is 32.1 Å². The number of anilines is 1. The Bertz CT molecular complexity index is 575. The monoisotopic (exact) mass is 319 g/mol. The lowest BCUT2D eigenvalue weighted by atomic mass is 10.2. The Morgan fingerprint density at radius 2 is 2.00 bits per heavy atom. The van der Waals surface area contributed by atoms with Crippen LogP contribution in [0.1, 0.15) is 12.0 Å². The van der Waals surface area contributed by atoms with Crippen LogP contribution in [0.3, 0.4) is 0 Å². The molecule has 114 valence electrons. The fourth-order valence-electron chi connectivity index (χ4n) is 2.35. The number of halogens is 1. The van der Waals surface area contributed by atoms with Crippen molar-refractivity contribution < 1.29 is 8.42 Å². The first-order valence-electron chi connectivity index (χ1n) is 6.36. The summed E-state index contributed by atoms with van der Waals surface area (Å²) in [5.41, 5.74) is 7.77. The molecular weight excluding hydrogens is 298 g/mol. The minimum absolute atomic E-state index is 0. The maximum Gasteiger partial charge on any atom is 0.243 e. The van der Waals surface area contributed by atoms with Gasteiger partial charge < -0.3 is 10.6 Å². The van der Waals surface area contributed by atoms with Crippen molar-refractivity contribution >= 4 is 28.1 Å². The predicted octanol–water partition coefficient (Wildman–Crippen LogP) is 1.20. The fourth-order valence-corrected chi connectivity index (χ4v) is 3.88. The topological polar surface area (TPSA) is 66.6 Å². The SMILES string of the molecule is Cc1ccc(S(=O)(=O)N2CC[C@@H](N)C2)cc1N(C)C.Cl. The van der Waals surface area contributed by atoms with E-state index in [9.17, 15) is 8.42 Å². The second-order valence-electron chi connectivity index (χ2n) is 5.25. The van der Waals surface area contributed by atoms with Crippen LogP contribution in [-0.2, 0) is 10.0 Å². The van der Waals surface area contributed by atoms with E-state index < -0.39 is 10.0 Å². The third kappa shape index (κ3) is 3.25. The second kappa shape index (κ2) is 6.30. The van der Waals surface area contributed by atoms with E-state index in [0.717, 1.165) is 17.7 Å². The van der Waals surface area contributed by atoms with E-state index in [4.69, 9.17) is 5.73 Å². The molecule has 2 N–H and O–H groups in total. The highest BCUT2D eigenvalue weighted by Gasteiger charge is 2.31. The van der Waals surface area contributed by atoms with Crippen molar-refractivity contribution in [2.45, 2.75) is 24.3 Å². The summed E-state index contributed by atoms with van der Waals surface area (Å²) in [5, 5.41) is 0. The van der Waals surface area contributed by atoms with Gasteiger partial charge in [-0.2, -0.15) is 4.31 Å². The lowest BCUT2D eigenvalue weighted by molar-refractivity contribution is 0.472. The number of hydrogen-bond donors (Lipinski definition) is 1. The van der Waals surface area contributed by atoms with Crippen molar-refractivity contribution in [2.24, 2.45) is 5.73 Å². The molecule has 1 fully saturated rings. The van der Waals surface area contributed by atoms with Crippen LogP contribution < -0.4 is 10.6 Å². The maximum atomic E-state index is 12.5. The zero-order chi connectivity index (χ0) is 14.2. The molecule has 1 aromatic carbocycles. The fraction of sp³-hybridized carbons (Fsp3) is 0.538. The van der Waals surface area contributed by atoms with Crippen molar-refractivity contribution in [3.63, 3.8) is 0 Å². The molecule has 2 rings (SSSR count). The number of hydrogen-bond acceptors (Lipinski definition) is 4. The molecule has 0 radical (unpaired) electrons. The molecule has 1 heterocycles. The zero-order valence-electron chi connectivity index (χ0n) is 12.0. The Balaban J connectivity index is 0.00000200. The molecule has 0 spiro atoms. The molecule has 0 saturated carbocycles. The molecule has 7 heteroatoms. The van der Waals surface area contributed by atoms with Gasteiger partial charge in [-0.3, -0.25) is 0 Å². The number of nitrogens with zero attached hydrogens (tertiary/aromatic N) is 2. The van der Waals surface area contributed by atoms with E-state index in [0.29, 0.717) is 18.0 Å². The van der Waals surface area contributed by atoms with Crippen molar-refractivity contribution in [1.82, 2.24) is 4.31 Å². The van der Waals surface area contributed by atoms with Crippen LogP contribution in [0.25, 0.3) is 0 Å². The highest BCUT2D eigenvalue weighted by molar-refractivity contribution is 7.89. The van der Waals surface area contributed by atoms with Crippen LogP contribution in [0.4, 0.5) is 5.69 Å². The molecule has 1 saturated heterocycles. The van der Waals surface area contributed by atoms with E-state index in [-0.39, 0.29) is 18.4 Å². The summed E-state index contributed by atoms with van der Waals surface area (Å²) in [4.78, 5) is 2.26. The van der Waals surface area contributed by atoms with E-state index in [1.54, 1.807) is 12.1 Å². The number of aryl methyl sites for hydroxylation is 1. The molecule has 1 aromatic rings. The normalized spacial score (nSPS) is 19.7. The lowest BCUT2D eigenvalue weighted by Crippen LogP contribution is -2.32. The minimum atomic E-state index is -3.42. The summed E-state index contributed by atoms with van der Waals surface area (Å²) in [7, 11) is 0.397. The molecule has 1 atom stereocenters. The summed E-state index contributed by atoms with van der Waals surface area (Å²) in [6.45, 7) is 2.89. The van der Waals surface area contributed by atoms with Gasteiger partial charge in [-0.1, -0.05) is 6.07 Å². The minimum Gasteiger partial charge on any atom is -0.377 e. The van der Waals surface area contributed by atoms with Gasteiger partial charge >= 0.3 is 0 Å². The molecule has 0 amide bonds. The van der Waals surface area contributed by atoms with Crippen LogP contribution >= 0.6 is 12.4 Å². The summed E-state index contributed by atoms with van der Waals surface area (Å²) in [6, 6.07) is 5.20. The van der Waals surface area contributed by atoms with Gasteiger partial charge in [0.25, 0.3) is 0 Å². The van der Waals surface area contributed by atoms with Gasteiger partial charge in [0.15, 0.2) is 0 Å². The van der Waals surface area contributed by atoms with Gasteiger partial charge in [0, 0.05) is 38.9 Å². The quantitative estimate of drug-likeness (QED) is 0.909. The Labute approximate surface area is 127 Å². The smallest absolute Gasteiger partial charge is 0.243 e. The summed E-state index contributed by atoms with van der Waals surface area (Å²) in [6.07, 6.45) is 0.728. The van der Waals surface area contributed by atoms with Gasteiger partial charge in [0.1, 0.15) is 0 Å². The number of nitrogens with two attached hydrogens (primary N) is 1. The van der Waals surface area contributed by atoms with Crippen LogP contribution in [0.2, 0.25) is 0 Å². The van der Waals surface area contributed by atoms with E-state index >= 15 is 0 Å². The van der Waals surface area contributed by atoms with Crippen LogP contribution in [0.15, 0.2) is 23.1 Å². The number of benzene rings is 1. The van der Waals surface area contributed by atoms with Gasteiger partial charge in [0.2, 0.25) is 10.0 Å². The summed E-state index contributed by atoms with van der Waals surface area (Å²) >= 11 is 0. The summed E-state index contributed by atoms with van der Waals surface area (Å²) in [5.74, 6) is 0. The Hall–Kier alpha value is -0.820. The average Bonchev–Trinajstić information content (AvgIpc) is 2.76. The third-order valence-corrected chi connectivity index (χ3v) is 5.35. The molecule has 20 heavy (non-hydrogen) atoms. The summed E-state index contributed by atoms with van der Waals surface area (Å²) < 4.78 is 26.5.